The maximum Gasteiger partial charge on any atom is 0.408 e. The maximum atomic E-state index is 16.2. The molecule has 10 fully saturated rings. The van der Waals surface area contributed by atoms with Crippen LogP contribution in [0.5, 0.6) is 34.9 Å². The minimum atomic E-state index is -3.37. The van der Waals surface area contributed by atoms with Crippen LogP contribution >= 0.6 is 0 Å². The van der Waals surface area contributed by atoms with Gasteiger partial charge >= 0.3 is 18.0 Å². The summed E-state index contributed by atoms with van der Waals surface area (Å²) in [5.74, 6) is -8.74. The van der Waals surface area contributed by atoms with Gasteiger partial charge in [-0.1, -0.05) is 118 Å². The number of ether oxygens (including phenoxy) is 11. The molecule has 2 unspecified atom stereocenters. The predicted molar refractivity (Wildman–Crippen MR) is 509 cm³/mol. The van der Waals surface area contributed by atoms with Crippen molar-refractivity contribution < 1.29 is 168 Å². The van der Waals surface area contributed by atoms with Gasteiger partial charge in [0.05, 0.1) is 98.7 Å². The van der Waals surface area contributed by atoms with Gasteiger partial charge < -0.3 is 86.5 Å². The third kappa shape index (κ3) is 23.5. The first-order valence-electron chi connectivity index (χ1n) is 51.5. The molecule has 3 radical (unpaired) electrons. The Bertz CT molecular complexity index is 5510. The second-order valence-electron chi connectivity index (χ2n) is 43.9. The molecule has 5 aliphatic carbocycles. The molecule has 4 amide bonds. The fourth-order valence-corrected chi connectivity index (χ4v) is 24.7. The third-order valence-corrected chi connectivity index (χ3v) is 33.9. The number of rotatable bonds is 11. The van der Waals surface area contributed by atoms with Crippen molar-refractivity contribution in [3.05, 3.63) is 71.7 Å². The van der Waals surface area contributed by atoms with Crippen molar-refractivity contribution in [3.8, 4) is 34.9 Å². The Morgan fingerprint density at radius 1 is 0.431 bits per heavy atom. The number of nitrogens with zero attached hydrogens (tertiary/aromatic N) is 9. The molecule has 6 aromatic rings. The number of carbonyl (C=O) groups excluding carboxylic acids is 9. The Morgan fingerprint density at radius 3 is 1.28 bits per heavy atom. The van der Waals surface area contributed by atoms with Crippen LogP contribution in [-0.2, 0) is 135 Å². The summed E-state index contributed by atoms with van der Waals surface area (Å²) in [5, 5.41) is 2.84. The molecule has 144 heavy (non-hydrogen) atoms. The number of esters is 2. The van der Waals surface area contributed by atoms with E-state index >= 15 is 17.6 Å². The first-order chi connectivity index (χ1) is 67.5. The first kappa shape index (κ1) is 111. The number of fused-ring (bicyclic) bond motifs is 18. The molecule has 1 spiro atoms. The van der Waals surface area contributed by atoms with E-state index in [1.165, 1.54) is 28.9 Å². The molecule has 3 aromatic carbocycles. The van der Waals surface area contributed by atoms with E-state index in [-0.39, 0.29) is 177 Å². The number of aromatic nitrogens is 6. The second kappa shape index (κ2) is 45.9. The van der Waals surface area contributed by atoms with E-state index in [0.29, 0.717) is 161 Å². The molecule has 20 atom stereocenters. The van der Waals surface area contributed by atoms with Crippen LogP contribution in [0.25, 0.3) is 33.1 Å². The molecule has 11 heterocycles. The van der Waals surface area contributed by atoms with Crippen LogP contribution in [0.15, 0.2) is 54.6 Å². The Hall–Kier alpha value is -8.50. The predicted octanol–water partition coefficient (Wildman–Crippen LogP) is 17.0. The van der Waals surface area contributed by atoms with E-state index in [0.717, 1.165) is 81.8 Å². The topological polar surface area (TPSA) is 354 Å². The van der Waals surface area contributed by atoms with Gasteiger partial charge in [-0.05, 0) is 222 Å². The number of amides is 4. The number of hydrogen-bond acceptors (Lipinski definition) is 26. The average Bonchev–Trinajstić information content (AvgIpc) is 1.60. The maximum absolute atomic E-state index is 16.2. The number of alkyl halides is 4. The summed E-state index contributed by atoms with van der Waals surface area (Å²) in [6, 6.07) is 11.7. The molecule has 781 valence electrons. The molecule has 6 bridgehead atoms. The van der Waals surface area contributed by atoms with Crippen molar-refractivity contribution in [2.75, 3.05) is 67.4 Å². The van der Waals surface area contributed by atoms with E-state index in [9.17, 15) is 43.2 Å². The second-order valence-corrected chi connectivity index (χ2v) is 43.9. The number of alkyl carbamates (subject to hydrolysis) is 1. The van der Waals surface area contributed by atoms with Crippen LogP contribution in [0.4, 0.5) is 22.4 Å². The van der Waals surface area contributed by atoms with Crippen molar-refractivity contribution >= 4 is 87.7 Å². The summed E-state index contributed by atoms with van der Waals surface area (Å²) >= 11 is 0. The standard InChI is InChI=1S/C37H46F2N3O7.C37H48F2N3O7.C33H43N4O6.3V/c1-4-23-29(20-43)42-19-31(23)49-34-33(40-27-9-8-22(46-3)17-28(27)41-34)37(38,39)10-6-5-7-24-25-15-21(25)16-30(24)48-32(44)18-26(35(42)45)36(2)11-13-47-14-12-36;1-5-25-29(22-43)42-21-30(25)48-33-32(40-27-12-11-24(46-4)19-28(27)41-33)37(38,39)14-7-6-9-23-10-8-13-36(23,3)49-31(44)20-26(34(42)45)35(2)15-17-47-18-16-35;1-6-21-24(18-38)37-17-26(21)42-29-27(34-22-11-10-20(41-5)16-23(22)35-29)33(13-14-33)12-8-7-9-19-15-25(19)43-31(40)36-28(30(37)39)32(2,3)4;;;/h8-9,17,21,23-26,29-31H,4-7,10-16,18-19H2,1-3H3;11-12,19,23,25-26,29-30H,5-10,13-18,20-21H2,1-4H3;10-11,16,19,21,24-26,28H,6-9,12-15,17H2,1-5H3,(H,36,40);;;/q3*-1;;;/t21?,23-,24+,25?,26+,29+,30+,31-;23-,25+,26-,29-,30+,36-;19-,21+,24-,25-,26+,28-;;;/m011.../s1. The number of carbonyl (C=O) groups is 6. The van der Waals surface area contributed by atoms with E-state index in [1.807, 2.05) is 80.5 Å². The van der Waals surface area contributed by atoms with Crippen LogP contribution in [0.3, 0.4) is 0 Å². The van der Waals surface area contributed by atoms with Crippen LogP contribution in [0.2, 0.25) is 0 Å². The van der Waals surface area contributed by atoms with E-state index < -0.39 is 142 Å². The normalized spacial score (nSPS) is 31.9. The van der Waals surface area contributed by atoms with Gasteiger partial charge in [0.15, 0.2) is 11.4 Å². The van der Waals surface area contributed by atoms with Crippen LogP contribution < -0.4 is 33.7 Å². The average molecular weight is 2110 g/mol. The number of halogens is 4. The molecule has 5 saturated carbocycles. The zero-order chi connectivity index (χ0) is 100.0. The fourth-order valence-electron chi connectivity index (χ4n) is 24.7. The van der Waals surface area contributed by atoms with Crippen molar-refractivity contribution in [1.82, 2.24) is 49.9 Å². The summed E-state index contributed by atoms with van der Waals surface area (Å²) in [4.78, 5) is 154. The smallest absolute Gasteiger partial charge is 0.408 e. The monoisotopic (exact) mass is 2110 g/mol. The summed E-state index contributed by atoms with van der Waals surface area (Å²) in [6.45, 7) is 19.2. The van der Waals surface area contributed by atoms with Crippen LogP contribution in [0, 0.1) is 75.4 Å². The van der Waals surface area contributed by atoms with Gasteiger partial charge in [0.2, 0.25) is 35.4 Å². The molecular weight excluding hydrogens is 1970 g/mol. The van der Waals surface area contributed by atoms with E-state index in [1.54, 1.807) is 43.5 Å². The number of methoxy groups -OCH3 is 3. The Kier molecular flexibility index (Phi) is 35.4. The SMILES string of the molecule is CC[C@@H]1[C@@H]2CN(C(=O)[C@H](C(C)(C)C)NC(=O)O[C@@H]3C[C@H]3CCCCC3(CC3)c3nc4ccc(OC)cc4nc3O2)[C@@H]1[C-]=O.CC[C@@H]1[C@@H]2CN(C(=O)[C@H](C3(C)CCOCC3)CC(=O)O[C@@H]3CC4CC4[C@H]3CCCCC(F)(F)c3nc4ccc(OC)cc4nc3O2)[C@@H]1[C-]=O.CC[C@@H]1[C@@H]2CN(C(=O)[C@H](C3(C)CCOCC3)CC(=O)O[C@]3(C)CCC[C@H]3CCCCC(F)(F)c3nc4ccc(OC)cc4nc3O2)[C@@H]1[C-]=O.[V].[V].[V]. The van der Waals surface area contributed by atoms with Gasteiger partial charge in [-0.15, -0.1) is 0 Å². The number of nitrogens with one attached hydrogen (secondary N) is 1. The van der Waals surface area contributed by atoms with Gasteiger partial charge in [0.1, 0.15) is 65.1 Å². The van der Waals surface area contributed by atoms with Gasteiger partial charge in [0.25, 0.3) is 11.8 Å². The quantitative estimate of drug-likeness (QED) is 0.0545. The van der Waals surface area contributed by atoms with Gasteiger partial charge in [-0.3, -0.25) is 24.0 Å². The Morgan fingerprint density at radius 2 is 0.840 bits per heavy atom. The summed E-state index contributed by atoms with van der Waals surface area (Å²) in [7, 11) is 4.62. The largest absolute Gasteiger partial charge is 0.540 e. The number of hydrogen-bond donors (Lipinski definition) is 1. The Labute approximate surface area is 875 Å². The fraction of sp³-hybridized carbons (Fsp3) is 0.692. The molecule has 5 saturated heterocycles. The van der Waals surface area contributed by atoms with Crippen molar-refractivity contribution in [3.63, 3.8) is 0 Å². The molecule has 30 nitrogen and oxygen atoms in total. The van der Waals surface area contributed by atoms with Gasteiger partial charge in [-0.2, -0.15) is 17.6 Å². The molecule has 19 rings (SSSR count). The van der Waals surface area contributed by atoms with Gasteiger partial charge in [0, 0.05) is 119 Å². The molecule has 3 aromatic heterocycles. The summed E-state index contributed by atoms with van der Waals surface area (Å²) < 4.78 is 130. The van der Waals surface area contributed by atoms with Gasteiger partial charge in [-0.25, -0.2) is 53.6 Å². The first-order valence-corrected chi connectivity index (χ1v) is 51.5. The molecule has 8 aliphatic heterocycles. The zero-order valence-corrected chi connectivity index (χ0v) is 88.9. The van der Waals surface area contributed by atoms with Crippen LogP contribution in [-0.4, -0.2) is 227 Å². The van der Waals surface area contributed by atoms with Crippen molar-refractivity contribution in [2.24, 2.45) is 75.4 Å². The van der Waals surface area contributed by atoms with Crippen molar-refractivity contribution in [2.45, 2.75) is 326 Å². The summed E-state index contributed by atoms with van der Waals surface area (Å²) in [5.41, 5.74) is -0.232. The molecule has 13 aliphatic rings. The molecular formula is C107H137F4N10O20V3-3. The van der Waals surface area contributed by atoms with Crippen molar-refractivity contribution in [1.29, 1.82) is 0 Å². The Balaban J connectivity index is 0.000000170. The van der Waals surface area contributed by atoms with Crippen LogP contribution in [0.1, 0.15) is 266 Å². The minimum Gasteiger partial charge on any atom is -0.540 e. The van der Waals surface area contributed by atoms with E-state index in [4.69, 9.17) is 62.1 Å². The minimum absolute atomic E-state index is 0. The summed E-state index contributed by atoms with van der Waals surface area (Å²) in [6.07, 6.45) is 19.6. The molecule has 37 heteroatoms. The van der Waals surface area contributed by atoms with E-state index in [2.05, 4.69) is 44.1 Å². The number of benzene rings is 3. The zero-order valence-electron chi connectivity index (χ0n) is 84.7. The third-order valence-electron chi connectivity index (χ3n) is 33.9. The molecule has 1 N–H and O–H groups in total.